The Morgan fingerprint density at radius 3 is 2.60 bits per heavy atom. The van der Waals surface area contributed by atoms with Crippen molar-refractivity contribution in [2.45, 2.75) is 0 Å². The zero-order valence-corrected chi connectivity index (χ0v) is 10.5. The third-order valence-corrected chi connectivity index (χ3v) is 2.53. The Morgan fingerprint density at radius 1 is 1.15 bits per heavy atom. The molecule has 0 atom stereocenters. The summed E-state index contributed by atoms with van der Waals surface area (Å²) < 4.78 is 18.6. The van der Waals surface area contributed by atoms with E-state index in [2.05, 4.69) is 5.32 Å². The molecule has 2 aromatic rings. The Bertz CT molecular complexity index is 614. The fourth-order valence-corrected chi connectivity index (χ4v) is 1.63. The molecule has 0 aliphatic rings. The first kappa shape index (κ1) is 13.7. The summed E-state index contributed by atoms with van der Waals surface area (Å²) in [6.45, 7) is -0.378. The second kappa shape index (κ2) is 6.47. The van der Waals surface area contributed by atoms with Crippen molar-refractivity contribution in [2.75, 3.05) is 11.9 Å². The smallest absolute Gasteiger partial charge is 0.262 e. The molecule has 0 aromatic heterocycles. The number of ether oxygens (including phenoxy) is 1. The lowest BCUT2D eigenvalue weighted by molar-refractivity contribution is -0.118. The first-order valence-corrected chi connectivity index (χ1v) is 5.92. The topological polar surface area (TPSA) is 55.4 Å². The highest BCUT2D eigenvalue weighted by molar-refractivity contribution is 5.92. The van der Waals surface area contributed by atoms with Gasteiger partial charge in [-0.2, -0.15) is 0 Å². The van der Waals surface area contributed by atoms with Crippen molar-refractivity contribution in [1.82, 2.24) is 0 Å². The number of anilines is 1. The zero-order valence-electron chi connectivity index (χ0n) is 10.5. The summed E-state index contributed by atoms with van der Waals surface area (Å²) >= 11 is 0. The predicted molar refractivity (Wildman–Crippen MR) is 72.4 cm³/mol. The maximum Gasteiger partial charge on any atom is 0.262 e. The lowest BCUT2D eigenvalue weighted by Crippen LogP contribution is -2.20. The molecule has 0 saturated heterocycles. The van der Waals surface area contributed by atoms with Crippen LogP contribution in [0.4, 0.5) is 10.1 Å². The van der Waals surface area contributed by atoms with Crippen LogP contribution in [0.2, 0.25) is 0 Å². The van der Waals surface area contributed by atoms with Gasteiger partial charge in [0.25, 0.3) is 5.91 Å². The molecule has 0 unspecified atom stereocenters. The molecule has 0 radical (unpaired) electrons. The van der Waals surface area contributed by atoms with Crippen LogP contribution in [0.3, 0.4) is 0 Å². The van der Waals surface area contributed by atoms with Crippen LogP contribution in [0, 0.1) is 5.82 Å². The van der Waals surface area contributed by atoms with Crippen LogP contribution < -0.4 is 10.1 Å². The minimum absolute atomic E-state index is 0.0671. The largest absolute Gasteiger partial charge is 0.480 e. The number of hydrogen-bond donors (Lipinski definition) is 1. The van der Waals surface area contributed by atoms with E-state index in [0.717, 1.165) is 6.07 Å². The summed E-state index contributed by atoms with van der Waals surface area (Å²) in [5, 5.41) is 2.59. The van der Waals surface area contributed by atoms with Gasteiger partial charge in [0.2, 0.25) is 0 Å². The number of aldehydes is 1. The number of carbonyl (C=O) groups is 2. The van der Waals surface area contributed by atoms with E-state index in [1.54, 1.807) is 24.3 Å². The number of hydrogen-bond acceptors (Lipinski definition) is 3. The second-order valence-electron chi connectivity index (χ2n) is 3.98. The summed E-state index contributed by atoms with van der Waals surface area (Å²) in [6, 6.07) is 12.8. The van der Waals surface area contributed by atoms with E-state index in [9.17, 15) is 14.0 Å². The van der Waals surface area contributed by atoms with Gasteiger partial charge in [0.1, 0.15) is 0 Å². The number of para-hydroxylation sites is 2. The van der Waals surface area contributed by atoms with Gasteiger partial charge in [0.15, 0.2) is 24.5 Å². The summed E-state index contributed by atoms with van der Waals surface area (Å²) in [6.07, 6.45) is 0.480. The average Bonchev–Trinajstić information content (AvgIpc) is 2.46. The molecule has 20 heavy (non-hydrogen) atoms. The molecule has 0 fully saturated rings. The number of amides is 1. The molecule has 0 heterocycles. The van der Waals surface area contributed by atoms with Gasteiger partial charge >= 0.3 is 0 Å². The van der Waals surface area contributed by atoms with E-state index in [4.69, 9.17) is 4.74 Å². The molecule has 2 aromatic carbocycles. The third kappa shape index (κ3) is 3.41. The van der Waals surface area contributed by atoms with E-state index in [1.165, 1.54) is 12.1 Å². The molecule has 1 N–H and O–H groups in total. The van der Waals surface area contributed by atoms with Crippen LogP contribution in [0.5, 0.6) is 5.75 Å². The van der Waals surface area contributed by atoms with Crippen LogP contribution in [-0.4, -0.2) is 18.8 Å². The van der Waals surface area contributed by atoms with Gasteiger partial charge in [0, 0.05) is 5.69 Å². The quantitative estimate of drug-likeness (QED) is 0.852. The fraction of sp³-hybridized carbons (Fsp3) is 0.0667. The summed E-state index contributed by atoms with van der Waals surface area (Å²) in [5.41, 5.74) is 0.683. The molecular weight excluding hydrogens is 261 g/mol. The SMILES string of the molecule is O=Cc1cccc(F)c1OCC(=O)Nc1ccccc1. The van der Waals surface area contributed by atoms with Crippen molar-refractivity contribution in [2.24, 2.45) is 0 Å². The van der Waals surface area contributed by atoms with Crippen LogP contribution >= 0.6 is 0 Å². The van der Waals surface area contributed by atoms with Gasteiger partial charge in [-0.05, 0) is 24.3 Å². The Labute approximate surface area is 115 Å². The van der Waals surface area contributed by atoms with Crippen LogP contribution in [0.25, 0.3) is 0 Å². The molecule has 5 heteroatoms. The highest BCUT2D eigenvalue weighted by atomic mass is 19.1. The Balaban J connectivity index is 1.99. The molecule has 1 amide bonds. The van der Waals surface area contributed by atoms with Gasteiger partial charge in [-0.15, -0.1) is 0 Å². The van der Waals surface area contributed by atoms with Crippen molar-refractivity contribution in [3.63, 3.8) is 0 Å². The van der Waals surface area contributed by atoms with Crippen LogP contribution in [0.1, 0.15) is 10.4 Å². The lowest BCUT2D eigenvalue weighted by Gasteiger charge is -2.09. The minimum Gasteiger partial charge on any atom is -0.480 e. The summed E-state index contributed by atoms with van der Waals surface area (Å²) in [4.78, 5) is 22.4. The molecule has 0 spiro atoms. The van der Waals surface area contributed by atoms with E-state index in [0.29, 0.717) is 12.0 Å². The Hall–Kier alpha value is -2.69. The molecule has 0 bridgehead atoms. The van der Waals surface area contributed by atoms with Crippen molar-refractivity contribution in [3.8, 4) is 5.75 Å². The van der Waals surface area contributed by atoms with E-state index in [-0.39, 0.29) is 17.9 Å². The first-order valence-electron chi connectivity index (χ1n) is 5.92. The van der Waals surface area contributed by atoms with Crippen molar-refractivity contribution in [1.29, 1.82) is 0 Å². The summed E-state index contributed by atoms with van der Waals surface area (Å²) in [5.74, 6) is -1.33. The van der Waals surface area contributed by atoms with E-state index in [1.807, 2.05) is 6.07 Å². The number of nitrogens with one attached hydrogen (secondary N) is 1. The molecule has 0 aliphatic heterocycles. The van der Waals surface area contributed by atoms with E-state index >= 15 is 0 Å². The van der Waals surface area contributed by atoms with Gasteiger partial charge < -0.3 is 10.1 Å². The van der Waals surface area contributed by atoms with Gasteiger partial charge in [-0.1, -0.05) is 24.3 Å². The Kier molecular flexibility index (Phi) is 4.44. The standard InChI is InChI=1S/C15H12FNO3/c16-13-8-4-5-11(9-18)15(13)20-10-14(19)17-12-6-2-1-3-7-12/h1-9H,10H2,(H,17,19). The zero-order chi connectivity index (χ0) is 14.4. The average molecular weight is 273 g/mol. The van der Waals surface area contributed by atoms with Crippen molar-refractivity contribution < 1.29 is 18.7 Å². The number of benzene rings is 2. The Morgan fingerprint density at radius 2 is 1.90 bits per heavy atom. The fourth-order valence-electron chi connectivity index (χ4n) is 1.63. The number of rotatable bonds is 5. The number of halogens is 1. The monoisotopic (exact) mass is 273 g/mol. The second-order valence-corrected chi connectivity index (χ2v) is 3.98. The molecule has 0 aliphatic carbocycles. The molecular formula is C15H12FNO3. The van der Waals surface area contributed by atoms with Crippen LogP contribution in [-0.2, 0) is 4.79 Å². The third-order valence-electron chi connectivity index (χ3n) is 2.53. The molecule has 102 valence electrons. The number of carbonyl (C=O) groups excluding carboxylic acids is 2. The molecule has 2 rings (SSSR count). The maximum absolute atomic E-state index is 13.5. The lowest BCUT2D eigenvalue weighted by atomic mass is 10.2. The van der Waals surface area contributed by atoms with Crippen molar-refractivity contribution in [3.05, 3.63) is 59.9 Å². The molecule has 0 saturated carbocycles. The molecule has 4 nitrogen and oxygen atoms in total. The predicted octanol–water partition coefficient (Wildman–Crippen LogP) is 2.66. The highest BCUT2D eigenvalue weighted by Crippen LogP contribution is 2.21. The summed E-state index contributed by atoms with van der Waals surface area (Å²) in [7, 11) is 0. The van der Waals surface area contributed by atoms with Crippen molar-refractivity contribution >= 4 is 17.9 Å². The van der Waals surface area contributed by atoms with Gasteiger partial charge in [-0.25, -0.2) is 4.39 Å². The van der Waals surface area contributed by atoms with Gasteiger partial charge in [-0.3, -0.25) is 9.59 Å². The van der Waals surface area contributed by atoms with E-state index < -0.39 is 11.7 Å². The van der Waals surface area contributed by atoms with Gasteiger partial charge in [0.05, 0.1) is 5.56 Å². The normalized spacial score (nSPS) is 9.85. The highest BCUT2D eigenvalue weighted by Gasteiger charge is 2.11. The maximum atomic E-state index is 13.5. The minimum atomic E-state index is -0.679. The first-order chi connectivity index (χ1) is 9.70. The van der Waals surface area contributed by atoms with Crippen LogP contribution in [0.15, 0.2) is 48.5 Å².